The van der Waals surface area contributed by atoms with Crippen LogP contribution in [0.1, 0.15) is 6.92 Å². The molecule has 0 saturated carbocycles. The van der Waals surface area contributed by atoms with Crippen molar-refractivity contribution in [2.45, 2.75) is 11.8 Å². The lowest BCUT2D eigenvalue weighted by Gasteiger charge is -2.20. The topological polar surface area (TPSA) is 72.6 Å². The number of rotatable bonds is 6. The van der Waals surface area contributed by atoms with Crippen LogP contribution in [0.4, 0.5) is 0 Å². The number of sulfonamides is 1. The fraction of sp³-hybridized carbons (Fsp3) is 0.417. The first-order valence-corrected chi connectivity index (χ1v) is 7.53. The van der Waals surface area contributed by atoms with Crippen molar-refractivity contribution >= 4 is 27.2 Å². The molecule has 0 spiro atoms. The van der Waals surface area contributed by atoms with Crippen LogP contribution < -0.4 is 10.5 Å². The Hall–Kier alpha value is -1.18. The number of hydrogen-bond donors (Lipinski definition) is 1. The number of thiocarbonyl (C=S) groups is 1. The molecule has 1 aromatic rings. The summed E-state index contributed by atoms with van der Waals surface area (Å²) in [5.41, 5.74) is 5.50. The van der Waals surface area contributed by atoms with Crippen molar-refractivity contribution in [1.82, 2.24) is 4.31 Å². The zero-order valence-electron chi connectivity index (χ0n) is 11.2. The second-order valence-electron chi connectivity index (χ2n) is 4.26. The summed E-state index contributed by atoms with van der Waals surface area (Å²) in [7, 11) is -0.494. The Morgan fingerprint density at radius 1 is 1.42 bits per heavy atom. The predicted octanol–water partition coefficient (Wildman–Crippen LogP) is 1.24. The van der Waals surface area contributed by atoms with Crippen molar-refractivity contribution in [1.29, 1.82) is 0 Å². The fourth-order valence-electron chi connectivity index (χ4n) is 1.50. The second kappa shape index (κ2) is 6.31. The Bertz CT molecular complexity index is 541. The van der Waals surface area contributed by atoms with Crippen LogP contribution in [0.2, 0.25) is 0 Å². The molecule has 2 N–H and O–H groups in total. The highest BCUT2D eigenvalue weighted by Gasteiger charge is 2.23. The maximum atomic E-state index is 12.3. The number of benzene rings is 1. The molecule has 1 unspecified atom stereocenters. The Labute approximate surface area is 119 Å². The fourth-order valence-corrected chi connectivity index (χ4v) is 2.84. The summed E-state index contributed by atoms with van der Waals surface area (Å²) in [6.45, 7) is 2.05. The maximum Gasteiger partial charge on any atom is 0.242 e. The molecule has 1 aromatic carbocycles. The van der Waals surface area contributed by atoms with Gasteiger partial charge in [0.2, 0.25) is 10.0 Å². The number of methoxy groups -OCH3 is 1. The van der Waals surface area contributed by atoms with Gasteiger partial charge in [0.1, 0.15) is 5.75 Å². The van der Waals surface area contributed by atoms with Crippen LogP contribution >= 0.6 is 12.2 Å². The normalized spacial score (nSPS) is 13.3. The molecule has 0 bridgehead atoms. The van der Waals surface area contributed by atoms with Gasteiger partial charge < -0.3 is 10.5 Å². The van der Waals surface area contributed by atoms with Gasteiger partial charge in [-0.05, 0) is 24.3 Å². The Morgan fingerprint density at radius 3 is 2.37 bits per heavy atom. The zero-order valence-corrected chi connectivity index (χ0v) is 12.8. The first kappa shape index (κ1) is 15.9. The molecule has 0 fully saturated rings. The van der Waals surface area contributed by atoms with Gasteiger partial charge in [-0.2, -0.15) is 0 Å². The minimum atomic E-state index is -3.53. The molecule has 0 radical (unpaired) electrons. The molecule has 7 heteroatoms. The SMILES string of the molecule is COc1ccc(S(=O)(=O)N(C)CC(C)C(N)=S)cc1. The smallest absolute Gasteiger partial charge is 0.242 e. The Kier molecular flexibility index (Phi) is 5.28. The van der Waals surface area contributed by atoms with E-state index in [1.165, 1.54) is 30.6 Å². The predicted molar refractivity (Wildman–Crippen MR) is 78.8 cm³/mol. The van der Waals surface area contributed by atoms with E-state index in [4.69, 9.17) is 22.7 Å². The zero-order chi connectivity index (χ0) is 14.6. The van der Waals surface area contributed by atoms with Gasteiger partial charge in [0, 0.05) is 19.5 Å². The highest BCUT2D eigenvalue weighted by Crippen LogP contribution is 2.19. The minimum Gasteiger partial charge on any atom is -0.497 e. The third-order valence-corrected chi connectivity index (χ3v) is 5.02. The van der Waals surface area contributed by atoms with E-state index >= 15 is 0 Å². The molecule has 0 amide bonds. The molecule has 0 aliphatic rings. The van der Waals surface area contributed by atoms with E-state index in [0.717, 1.165) is 0 Å². The van der Waals surface area contributed by atoms with Crippen molar-refractivity contribution in [3.63, 3.8) is 0 Å². The molecule has 1 atom stereocenters. The molecule has 5 nitrogen and oxygen atoms in total. The second-order valence-corrected chi connectivity index (χ2v) is 6.78. The van der Waals surface area contributed by atoms with E-state index in [1.54, 1.807) is 19.1 Å². The van der Waals surface area contributed by atoms with Gasteiger partial charge in [-0.25, -0.2) is 12.7 Å². The number of nitrogens with zero attached hydrogens (tertiary/aromatic N) is 1. The maximum absolute atomic E-state index is 12.3. The summed E-state index contributed by atoms with van der Waals surface area (Å²) < 4.78 is 30.8. The highest BCUT2D eigenvalue weighted by molar-refractivity contribution is 7.89. The monoisotopic (exact) mass is 302 g/mol. The average molecular weight is 302 g/mol. The van der Waals surface area contributed by atoms with Crippen molar-refractivity contribution < 1.29 is 13.2 Å². The van der Waals surface area contributed by atoms with Crippen molar-refractivity contribution in [2.75, 3.05) is 20.7 Å². The van der Waals surface area contributed by atoms with Gasteiger partial charge in [-0.3, -0.25) is 0 Å². The minimum absolute atomic E-state index is 0.173. The van der Waals surface area contributed by atoms with Gasteiger partial charge in [-0.15, -0.1) is 0 Å². The van der Waals surface area contributed by atoms with Crippen LogP contribution in [0.3, 0.4) is 0 Å². The largest absolute Gasteiger partial charge is 0.497 e. The van der Waals surface area contributed by atoms with Crippen LogP contribution in [0, 0.1) is 5.92 Å². The first-order valence-electron chi connectivity index (χ1n) is 5.68. The molecule has 0 aliphatic carbocycles. The van der Waals surface area contributed by atoms with E-state index in [1.807, 2.05) is 0 Å². The highest BCUT2D eigenvalue weighted by atomic mass is 32.2. The van der Waals surface area contributed by atoms with Gasteiger partial charge in [0.05, 0.1) is 17.0 Å². The van der Waals surface area contributed by atoms with Gasteiger partial charge in [0.15, 0.2) is 0 Å². The lowest BCUT2D eigenvalue weighted by molar-refractivity contribution is 0.414. The van der Waals surface area contributed by atoms with Gasteiger partial charge in [0.25, 0.3) is 0 Å². The van der Waals surface area contributed by atoms with Crippen LogP contribution in [0.25, 0.3) is 0 Å². The number of hydrogen-bond acceptors (Lipinski definition) is 4. The first-order chi connectivity index (χ1) is 8.78. The van der Waals surface area contributed by atoms with E-state index in [-0.39, 0.29) is 17.4 Å². The van der Waals surface area contributed by atoms with E-state index in [2.05, 4.69) is 0 Å². The van der Waals surface area contributed by atoms with E-state index < -0.39 is 10.0 Å². The molecule has 0 aromatic heterocycles. The summed E-state index contributed by atoms with van der Waals surface area (Å²) in [5.74, 6) is 0.436. The third kappa shape index (κ3) is 3.89. The van der Waals surface area contributed by atoms with E-state index in [0.29, 0.717) is 10.7 Å². The van der Waals surface area contributed by atoms with Crippen LogP contribution in [0.5, 0.6) is 5.75 Å². The van der Waals surface area contributed by atoms with Crippen LogP contribution in [-0.4, -0.2) is 38.4 Å². The molecular formula is C12H18N2O3S2. The summed E-state index contributed by atoms with van der Waals surface area (Å²) in [5, 5.41) is 0. The van der Waals surface area contributed by atoms with Crippen molar-refractivity contribution in [3.05, 3.63) is 24.3 Å². The number of ether oxygens (including phenoxy) is 1. The average Bonchev–Trinajstić information content (AvgIpc) is 2.38. The molecule has 1 rings (SSSR count). The Balaban J connectivity index is 2.92. The summed E-state index contributed by atoms with van der Waals surface area (Å²) in [6.07, 6.45) is 0. The summed E-state index contributed by atoms with van der Waals surface area (Å²) >= 11 is 4.85. The van der Waals surface area contributed by atoms with Gasteiger partial charge >= 0.3 is 0 Å². The summed E-state index contributed by atoms with van der Waals surface area (Å²) in [4.78, 5) is 0.516. The summed E-state index contributed by atoms with van der Waals surface area (Å²) in [6, 6.07) is 6.24. The molecule has 0 saturated heterocycles. The van der Waals surface area contributed by atoms with Crippen molar-refractivity contribution in [3.8, 4) is 5.75 Å². The standard InChI is InChI=1S/C12H18N2O3S2/c1-9(12(13)18)8-14(2)19(15,16)11-6-4-10(17-3)5-7-11/h4-7,9H,8H2,1-3H3,(H2,13,18). The quantitative estimate of drug-likeness (QED) is 0.800. The molecule has 0 aliphatic heterocycles. The van der Waals surface area contributed by atoms with Crippen molar-refractivity contribution in [2.24, 2.45) is 11.7 Å². The lowest BCUT2D eigenvalue weighted by Crippen LogP contribution is -2.35. The van der Waals surface area contributed by atoms with Gasteiger partial charge in [-0.1, -0.05) is 19.1 Å². The van der Waals surface area contributed by atoms with Crippen LogP contribution in [0.15, 0.2) is 29.2 Å². The van der Waals surface area contributed by atoms with Crippen LogP contribution in [-0.2, 0) is 10.0 Å². The lowest BCUT2D eigenvalue weighted by atomic mass is 10.2. The molecule has 0 heterocycles. The molecule has 19 heavy (non-hydrogen) atoms. The molecular weight excluding hydrogens is 284 g/mol. The Morgan fingerprint density at radius 2 is 1.95 bits per heavy atom. The van der Waals surface area contributed by atoms with E-state index in [9.17, 15) is 8.42 Å². The number of nitrogens with two attached hydrogens (primary N) is 1. The molecule has 106 valence electrons. The third-order valence-electron chi connectivity index (χ3n) is 2.78.